The van der Waals surface area contributed by atoms with Crippen molar-refractivity contribution in [3.63, 3.8) is 0 Å². The lowest BCUT2D eigenvalue weighted by molar-refractivity contribution is -0.121. The number of hydrogen-bond donors (Lipinski definition) is 3. The van der Waals surface area contributed by atoms with Crippen molar-refractivity contribution < 1.29 is 9.32 Å². The molecule has 8 nitrogen and oxygen atoms in total. The lowest BCUT2D eigenvalue weighted by Crippen LogP contribution is -2.22. The highest BCUT2D eigenvalue weighted by Crippen LogP contribution is 2.10. The molecule has 0 aliphatic heterocycles. The molecule has 3 N–H and O–H groups in total. The molecule has 0 spiro atoms. The summed E-state index contributed by atoms with van der Waals surface area (Å²) < 4.78 is 4.99. The molecule has 3 rings (SSSR count). The highest BCUT2D eigenvalue weighted by molar-refractivity contribution is 5.77. The summed E-state index contributed by atoms with van der Waals surface area (Å²) >= 11 is 0. The zero-order chi connectivity index (χ0) is 16.2. The molecule has 2 heterocycles. The fraction of sp³-hybridized carbons (Fsp3) is 0.333. The molecule has 8 heteroatoms. The number of imidazole rings is 1. The van der Waals surface area contributed by atoms with Crippen molar-refractivity contribution >= 4 is 16.9 Å². The van der Waals surface area contributed by atoms with Crippen LogP contribution in [0.3, 0.4) is 0 Å². The van der Waals surface area contributed by atoms with E-state index in [0.29, 0.717) is 37.5 Å². The molecule has 0 saturated carbocycles. The number of aromatic amines is 2. The predicted molar refractivity (Wildman–Crippen MR) is 82.7 cm³/mol. The third kappa shape index (κ3) is 3.85. The minimum absolute atomic E-state index is 0.0381. The molecule has 0 aliphatic rings. The summed E-state index contributed by atoms with van der Waals surface area (Å²) in [7, 11) is 0. The summed E-state index contributed by atoms with van der Waals surface area (Å²) in [6.07, 6.45) is 1.63. The average molecular weight is 315 g/mol. The molecule has 120 valence electrons. The van der Waals surface area contributed by atoms with Gasteiger partial charge in [-0.15, -0.1) is 0 Å². The zero-order valence-corrected chi connectivity index (χ0v) is 12.7. The lowest BCUT2D eigenvalue weighted by atomic mass is 10.2. The van der Waals surface area contributed by atoms with Crippen LogP contribution in [0.15, 0.2) is 27.5 Å². The van der Waals surface area contributed by atoms with Crippen LogP contribution in [-0.2, 0) is 17.8 Å². The van der Waals surface area contributed by atoms with Crippen molar-refractivity contribution in [1.29, 1.82) is 0 Å². The van der Waals surface area contributed by atoms with E-state index in [1.54, 1.807) is 6.92 Å². The van der Waals surface area contributed by atoms with Crippen LogP contribution in [-0.4, -0.2) is 26.0 Å². The number of nitrogens with zero attached hydrogens (tertiary/aromatic N) is 2. The van der Waals surface area contributed by atoms with Gasteiger partial charge in [-0.05, 0) is 31.0 Å². The minimum atomic E-state index is -0.238. The number of aryl methyl sites for hydroxylation is 2. The van der Waals surface area contributed by atoms with Gasteiger partial charge in [-0.1, -0.05) is 11.2 Å². The van der Waals surface area contributed by atoms with Gasteiger partial charge < -0.3 is 19.8 Å². The van der Waals surface area contributed by atoms with Gasteiger partial charge in [0.1, 0.15) is 0 Å². The number of rotatable bonds is 6. The van der Waals surface area contributed by atoms with E-state index in [1.165, 1.54) is 0 Å². The number of carbonyl (C=O) groups is 1. The summed E-state index contributed by atoms with van der Waals surface area (Å²) in [5.74, 6) is 1.11. The topological polar surface area (TPSA) is 117 Å². The van der Waals surface area contributed by atoms with E-state index in [4.69, 9.17) is 4.52 Å². The smallest absolute Gasteiger partial charge is 0.323 e. The van der Waals surface area contributed by atoms with Gasteiger partial charge in [-0.3, -0.25) is 4.79 Å². The number of carbonyl (C=O) groups excluding carboxylic acids is 1. The minimum Gasteiger partial charge on any atom is -0.352 e. The highest BCUT2D eigenvalue weighted by atomic mass is 16.5. The largest absolute Gasteiger partial charge is 0.352 e. The molecule has 0 saturated heterocycles. The van der Waals surface area contributed by atoms with Crippen LogP contribution in [0.2, 0.25) is 0 Å². The van der Waals surface area contributed by atoms with Gasteiger partial charge in [0.25, 0.3) is 0 Å². The van der Waals surface area contributed by atoms with E-state index in [1.807, 2.05) is 18.2 Å². The number of benzene rings is 1. The van der Waals surface area contributed by atoms with Gasteiger partial charge in [0.05, 0.1) is 11.0 Å². The van der Waals surface area contributed by atoms with Gasteiger partial charge in [0.2, 0.25) is 11.8 Å². The Morgan fingerprint density at radius 2 is 2.13 bits per heavy atom. The van der Waals surface area contributed by atoms with Crippen LogP contribution < -0.4 is 11.0 Å². The summed E-state index contributed by atoms with van der Waals surface area (Å²) in [6.45, 7) is 2.18. The normalized spacial score (nSPS) is 11.0. The Hall–Kier alpha value is -2.90. The molecule has 1 amide bonds. The Morgan fingerprint density at radius 3 is 2.91 bits per heavy atom. The molecular formula is C15H17N5O3. The summed E-state index contributed by atoms with van der Waals surface area (Å²) in [6, 6.07) is 5.52. The fourth-order valence-electron chi connectivity index (χ4n) is 2.32. The summed E-state index contributed by atoms with van der Waals surface area (Å²) in [5, 5.41) is 6.56. The first-order chi connectivity index (χ1) is 11.1. The Kier molecular flexibility index (Phi) is 4.22. The first kappa shape index (κ1) is 15.0. The van der Waals surface area contributed by atoms with Gasteiger partial charge in [-0.2, -0.15) is 4.98 Å². The van der Waals surface area contributed by atoms with Gasteiger partial charge >= 0.3 is 5.69 Å². The Morgan fingerprint density at radius 1 is 1.30 bits per heavy atom. The second kappa shape index (κ2) is 6.47. The number of fused-ring (bicyclic) bond motifs is 1. The Bertz CT molecular complexity index is 877. The standard InChI is InChI=1S/C15H17N5O3/c1-9-17-14(23-20-9)4-2-3-13(21)16-8-10-5-6-11-12(7-10)19-15(22)18-11/h5-7H,2-4,8H2,1H3,(H,16,21)(H2,18,19,22). The third-order valence-electron chi connectivity index (χ3n) is 3.43. The molecule has 0 aliphatic carbocycles. The third-order valence-corrected chi connectivity index (χ3v) is 3.43. The van der Waals surface area contributed by atoms with Crippen molar-refractivity contribution in [3.8, 4) is 0 Å². The van der Waals surface area contributed by atoms with Crippen molar-refractivity contribution in [2.45, 2.75) is 32.7 Å². The summed E-state index contributed by atoms with van der Waals surface area (Å²) in [5.41, 5.74) is 2.17. The molecule has 0 unspecified atom stereocenters. The van der Waals surface area contributed by atoms with Crippen LogP contribution in [0.5, 0.6) is 0 Å². The number of aromatic nitrogens is 4. The van der Waals surface area contributed by atoms with Crippen molar-refractivity contribution in [2.75, 3.05) is 0 Å². The second-order valence-electron chi connectivity index (χ2n) is 5.32. The SMILES string of the molecule is Cc1noc(CCCC(=O)NCc2ccc3[nH]c(=O)[nH]c3c2)n1. The maximum atomic E-state index is 11.8. The van der Waals surface area contributed by atoms with Crippen molar-refractivity contribution in [3.05, 3.63) is 46.0 Å². The molecule has 1 aromatic carbocycles. The van der Waals surface area contributed by atoms with Crippen LogP contribution in [0.1, 0.15) is 30.1 Å². The van der Waals surface area contributed by atoms with Crippen LogP contribution in [0, 0.1) is 6.92 Å². The molecule has 0 fully saturated rings. The van der Waals surface area contributed by atoms with E-state index in [9.17, 15) is 9.59 Å². The molecule has 2 aromatic heterocycles. The first-order valence-corrected chi connectivity index (χ1v) is 7.37. The maximum Gasteiger partial charge on any atom is 0.323 e. The number of H-pyrrole nitrogens is 2. The fourth-order valence-corrected chi connectivity index (χ4v) is 2.32. The molecule has 0 bridgehead atoms. The Labute approximate surface area is 131 Å². The maximum absolute atomic E-state index is 11.8. The molecule has 3 aromatic rings. The summed E-state index contributed by atoms with van der Waals surface area (Å²) in [4.78, 5) is 32.5. The monoisotopic (exact) mass is 315 g/mol. The molecular weight excluding hydrogens is 298 g/mol. The van der Waals surface area contributed by atoms with Gasteiger partial charge in [0.15, 0.2) is 5.82 Å². The highest BCUT2D eigenvalue weighted by Gasteiger charge is 2.06. The van der Waals surface area contributed by atoms with E-state index < -0.39 is 0 Å². The van der Waals surface area contributed by atoms with Crippen LogP contribution in [0.4, 0.5) is 0 Å². The van der Waals surface area contributed by atoms with Crippen LogP contribution in [0.25, 0.3) is 11.0 Å². The van der Waals surface area contributed by atoms with E-state index in [2.05, 4.69) is 25.4 Å². The average Bonchev–Trinajstić information content (AvgIpc) is 3.09. The Balaban J connectivity index is 1.46. The molecule has 23 heavy (non-hydrogen) atoms. The second-order valence-corrected chi connectivity index (χ2v) is 5.32. The number of nitrogens with one attached hydrogen (secondary N) is 3. The van der Waals surface area contributed by atoms with Crippen molar-refractivity contribution in [1.82, 2.24) is 25.4 Å². The molecule has 0 atom stereocenters. The molecule has 0 radical (unpaired) electrons. The van der Waals surface area contributed by atoms with Crippen LogP contribution >= 0.6 is 0 Å². The quantitative estimate of drug-likeness (QED) is 0.631. The lowest BCUT2D eigenvalue weighted by Gasteiger charge is -2.05. The van der Waals surface area contributed by atoms with Gasteiger partial charge in [0, 0.05) is 19.4 Å². The van der Waals surface area contributed by atoms with E-state index in [-0.39, 0.29) is 11.6 Å². The van der Waals surface area contributed by atoms with Crippen molar-refractivity contribution in [2.24, 2.45) is 0 Å². The zero-order valence-electron chi connectivity index (χ0n) is 12.7. The van der Waals surface area contributed by atoms with E-state index >= 15 is 0 Å². The van der Waals surface area contributed by atoms with E-state index in [0.717, 1.165) is 16.6 Å². The number of hydrogen-bond acceptors (Lipinski definition) is 5. The number of amides is 1. The predicted octanol–water partition coefficient (Wildman–Crippen LogP) is 1.19. The van der Waals surface area contributed by atoms with Gasteiger partial charge in [-0.25, -0.2) is 4.79 Å². The first-order valence-electron chi connectivity index (χ1n) is 7.37.